The van der Waals surface area contributed by atoms with Crippen molar-refractivity contribution in [2.45, 2.75) is 64.7 Å². The Labute approximate surface area is 263 Å². The highest BCUT2D eigenvalue weighted by Gasteiger charge is 2.36. The smallest absolute Gasteiger partial charge is 0.245 e. The van der Waals surface area contributed by atoms with Crippen LogP contribution in [0.1, 0.15) is 40.5 Å². The van der Waals surface area contributed by atoms with Gasteiger partial charge in [0.1, 0.15) is 24.2 Å². The summed E-state index contributed by atoms with van der Waals surface area (Å²) in [4.78, 5) is 88.2. The molecule has 19 heteroatoms. The minimum atomic E-state index is -1.02. The minimum Gasteiger partial charge on any atom is -0.368 e. The van der Waals surface area contributed by atoms with Crippen LogP contribution in [0.25, 0.3) is 20.9 Å². The molecule has 0 aliphatic carbocycles. The van der Waals surface area contributed by atoms with E-state index in [0.717, 1.165) is 4.90 Å². The molecule has 252 valence electrons. The number of rotatable bonds is 20. The maximum absolute atomic E-state index is 13.3. The number of primary amides is 1. The fourth-order valence-corrected chi connectivity index (χ4v) is 4.07. The Balaban J connectivity index is 5.34. The fraction of sp³-hybridized carbons (Fsp3) is 0.769. The number of likely N-dealkylation sites (N-methyl/N-ethyl adjacent to an activating group) is 4. The summed E-state index contributed by atoms with van der Waals surface area (Å²) in [5.74, 6) is -3.25. The SMILES string of the molecule is CC(C(=O)N(C)C(C)C(=O)N(C)C(C)C(=O)N(C)[C@@H](C)C(=O)N(CCCN=[N+]=[N-])CC(N)=O)N(C)C(=O)CNCCCN=[N+]=[N-]. The van der Waals surface area contributed by atoms with Crippen LogP contribution in [-0.4, -0.2) is 152 Å². The van der Waals surface area contributed by atoms with E-state index in [0.29, 0.717) is 19.5 Å². The van der Waals surface area contributed by atoms with Gasteiger partial charge in [0.15, 0.2) is 0 Å². The van der Waals surface area contributed by atoms with E-state index in [-0.39, 0.29) is 38.5 Å². The molecule has 19 nitrogen and oxygen atoms in total. The minimum absolute atomic E-state index is 0.0323. The third kappa shape index (κ3) is 12.9. The quantitative estimate of drug-likeness (QED) is 0.0777. The second kappa shape index (κ2) is 20.4. The van der Waals surface area contributed by atoms with E-state index in [4.69, 9.17) is 16.8 Å². The first-order chi connectivity index (χ1) is 21.0. The van der Waals surface area contributed by atoms with Gasteiger partial charge in [-0.05, 0) is 58.1 Å². The van der Waals surface area contributed by atoms with Gasteiger partial charge in [-0.1, -0.05) is 10.2 Å². The number of nitrogens with two attached hydrogens (primary N) is 1. The Morgan fingerprint density at radius 3 is 1.51 bits per heavy atom. The van der Waals surface area contributed by atoms with Crippen LogP contribution in [0.2, 0.25) is 0 Å². The van der Waals surface area contributed by atoms with Crippen molar-refractivity contribution in [2.24, 2.45) is 16.0 Å². The van der Waals surface area contributed by atoms with Crippen LogP contribution < -0.4 is 11.1 Å². The fourth-order valence-electron chi connectivity index (χ4n) is 4.07. The van der Waals surface area contributed by atoms with Crippen LogP contribution >= 0.6 is 0 Å². The van der Waals surface area contributed by atoms with E-state index < -0.39 is 53.7 Å². The van der Waals surface area contributed by atoms with E-state index in [2.05, 4.69) is 25.4 Å². The van der Waals surface area contributed by atoms with Crippen molar-refractivity contribution >= 4 is 35.4 Å². The monoisotopic (exact) mass is 637 g/mol. The normalized spacial score (nSPS) is 13.1. The zero-order valence-corrected chi connectivity index (χ0v) is 27.4. The second-order valence-corrected chi connectivity index (χ2v) is 10.6. The summed E-state index contributed by atoms with van der Waals surface area (Å²) in [5.41, 5.74) is 22.0. The lowest BCUT2D eigenvalue weighted by atomic mass is 10.1. The molecule has 0 bridgehead atoms. The van der Waals surface area contributed by atoms with Crippen LogP contribution in [-0.2, 0) is 28.8 Å². The zero-order chi connectivity index (χ0) is 34.9. The zero-order valence-electron chi connectivity index (χ0n) is 27.4. The summed E-state index contributed by atoms with van der Waals surface area (Å²) in [6, 6.07) is -3.92. The van der Waals surface area contributed by atoms with Gasteiger partial charge in [0.2, 0.25) is 35.4 Å². The van der Waals surface area contributed by atoms with E-state index in [1.165, 1.54) is 75.5 Å². The molecule has 6 amide bonds. The number of hydrogen-bond donors (Lipinski definition) is 2. The van der Waals surface area contributed by atoms with Gasteiger partial charge in [-0.15, -0.1) is 0 Å². The van der Waals surface area contributed by atoms with E-state index in [1.807, 2.05) is 0 Å². The lowest BCUT2D eigenvalue weighted by molar-refractivity contribution is -0.153. The van der Waals surface area contributed by atoms with Gasteiger partial charge in [0, 0.05) is 57.6 Å². The first kappa shape index (κ1) is 40.4. The van der Waals surface area contributed by atoms with Gasteiger partial charge in [-0.3, -0.25) is 28.8 Å². The third-order valence-corrected chi connectivity index (χ3v) is 7.55. The van der Waals surface area contributed by atoms with Crippen LogP contribution in [0.5, 0.6) is 0 Å². The van der Waals surface area contributed by atoms with Gasteiger partial charge >= 0.3 is 0 Å². The Kier molecular flexibility index (Phi) is 18.3. The predicted molar refractivity (Wildman–Crippen MR) is 165 cm³/mol. The highest BCUT2D eigenvalue weighted by Crippen LogP contribution is 2.12. The summed E-state index contributed by atoms with van der Waals surface area (Å²) in [7, 11) is 5.70. The molecule has 3 unspecified atom stereocenters. The lowest BCUT2D eigenvalue weighted by Crippen LogP contribution is -2.57. The molecule has 0 aliphatic rings. The van der Waals surface area contributed by atoms with Crippen molar-refractivity contribution < 1.29 is 28.8 Å². The van der Waals surface area contributed by atoms with Gasteiger partial charge in [-0.25, -0.2) is 0 Å². The van der Waals surface area contributed by atoms with Gasteiger partial charge < -0.3 is 35.6 Å². The Bertz CT molecular complexity index is 1150. The van der Waals surface area contributed by atoms with Crippen LogP contribution in [0, 0.1) is 0 Å². The van der Waals surface area contributed by atoms with Crippen LogP contribution in [0.15, 0.2) is 10.2 Å². The van der Waals surface area contributed by atoms with Crippen molar-refractivity contribution in [2.75, 3.05) is 67.5 Å². The summed E-state index contributed by atoms with van der Waals surface area (Å²) in [6.07, 6.45) is 0.829. The van der Waals surface area contributed by atoms with E-state index in [9.17, 15) is 28.8 Å². The highest BCUT2D eigenvalue weighted by atomic mass is 16.2. The van der Waals surface area contributed by atoms with Gasteiger partial charge in [0.05, 0.1) is 13.1 Å². The van der Waals surface area contributed by atoms with Gasteiger partial charge in [0.25, 0.3) is 0 Å². The molecule has 0 radical (unpaired) electrons. The molecular weight excluding hydrogens is 590 g/mol. The van der Waals surface area contributed by atoms with Crippen LogP contribution in [0.4, 0.5) is 0 Å². The molecule has 4 atom stereocenters. The first-order valence-corrected chi connectivity index (χ1v) is 14.4. The number of carbonyl (C=O) groups is 6. The van der Waals surface area contributed by atoms with E-state index >= 15 is 0 Å². The number of hydrogen-bond acceptors (Lipinski definition) is 9. The van der Waals surface area contributed by atoms with Crippen molar-refractivity contribution in [1.82, 2.24) is 29.8 Å². The molecule has 0 fully saturated rings. The second-order valence-electron chi connectivity index (χ2n) is 10.6. The molecule has 0 rings (SSSR count). The number of amides is 6. The highest BCUT2D eigenvalue weighted by molar-refractivity contribution is 5.95. The predicted octanol–water partition coefficient (Wildman–Crippen LogP) is -0.322. The molecule has 0 aliphatic heterocycles. The Morgan fingerprint density at radius 2 is 1.09 bits per heavy atom. The first-order valence-electron chi connectivity index (χ1n) is 14.4. The molecule has 0 aromatic rings. The average Bonchev–Trinajstić information content (AvgIpc) is 3.02. The lowest BCUT2D eigenvalue weighted by Gasteiger charge is -2.36. The number of nitrogens with one attached hydrogen (secondary N) is 1. The molecule has 0 spiro atoms. The molecule has 45 heavy (non-hydrogen) atoms. The molecule has 0 aromatic heterocycles. The molecule has 0 saturated carbocycles. The van der Waals surface area contributed by atoms with Crippen molar-refractivity contribution in [3.05, 3.63) is 20.9 Å². The molecular formula is C26H47N13O6. The van der Waals surface area contributed by atoms with E-state index in [1.54, 1.807) is 0 Å². The van der Waals surface area contributed by atoms with Crippen LogP contribution in [0.3, 0.4) is 0 Å². The van der Waals surface area contributed by atoms with Crippen molar-refractivity contribution in [3.8, 4) is 0 Å². The average molecular weight is 638 g/mol. The summed E-state index contributed by atoms with van der Waals surface area (Å²) >= 11 is 0. The largest absolute Gasteiger partial charge is 0.368 e. The number of carbonyl (C=O) groups excluding carboxylic acids is 6. The summed E-state index contributed by atoms with van der Waals surface area (Å²) < 4.78 is 0. The maximum Gasteiger partial charge on any atom is 0.245 e. The molecule has 0 aromatic carbocycles. The standard InChI is InChI=1S/C26H47N13O6/c1-17(35(5)22(41)15-30-11-9-12-31-33-28)23(42)36(6)18(2)24(43)37(7)19(3)25(44)38(8)20(4)26(45)39(16-21(27)40)14-10-13-32-34-29/h17-20,30H,9-16H2,1-8H3,(H2,27,40)/t17?,18?,19?,20-/m0/s1. The van der Waals surface area contributed by atoms with Crippen molar-refractivity contribution in [3.63, 3.8) is 0 Å². The van der Waals surface area contributed by atoms with Gasteiger partial charge in [-0.2, -0.15) is 0 Å². The molecule has 0 saturated heterocycles. The number of azide groups is 2. The molecule has 3 N–H and O–H groups in total. The molecule has 0 heterocycles. The summed E-state index contributed by atoms with van der Waals surface area (Å²) in [6.45, 7) is 6.50. The van der Waals surface area contributed by atoms with Crippen molar-refractivity contribution in [1.29, 1.82) is 0 Å². The third-order valence-electron chi connectivity index (χ3n) is 7.55. The topological polar surface area (TPSA) is 254 Å². The Morgan fingerprint density at radius 1 is 0.689 bits per heavy atom. The summed E-state index contributed by atoms with van der Waals surface area (Å²) in [5, 5.41) is 9.74. The number of nitrogens with zero attached hydrogens (tertiary/aromatic N) is 11. The maximum atomic E-state index is 13.3. The Hall–Kier alpha value is -4.60.